The minimum absolute atomic E-state index is 0.00389. The van der Waals surface area contributed by atoms with Crippen molar-refractivity contribution in [3.05, 3.63) is 35.6 Å². The molecule has 0 spiro atoms. The van der Waals surface area contributed by atoms with E-state index >= 15 is 0 Å². The van der Waals surface area contributed by atoms with Crippen LogP contribution in [0.5, 0.6) is 0 Å². The minimum Gasteiger partial charge on any atom is -0.485 e. The summed E-state index contributed by atoms with van der Waals surface area (Å²) >= 11 is 0. The standard InChI is InChI=1S/C35H50O8/c1-30(2,40)14-13-26(37)35(8,41)28-23(36)17-32(5)25-12-11-21-22(34(25,7)27(38)18-33(28,32)6)16-24(29(39)31(21,3)4)43-20-10-9-15-42-19-20/h11,13-14,16,20,22-23,25,28,36,40-41H,9-10,12,15,17-19H2,1-8H3/b14-13+/t20?,22-,23+,25-,28-,32-,33+,34+,35?/m0/s1. The minimum atomic E-state index is -1.96. The molecule has 8 heteroatoms. The lowest BCUT2D eigenvalue weighted by Crippen LogP contribution is -2.64. The smallest absolute Gasteiger partial charge is 0.206 e. The molecule has 1 aliphatic heterocycles. The van der Waals surface area contributed by atoms with Crippen LogP contribution < -0.4 is 0 Å². The van der Waals surface area contributed by atoms with Crippen LogP contribution in [0.3, 0.4) is 0 Å². The summed E-state index contributed by atoms with van der Waals surface area (Å²) in [5.41, 5.74) is -5.49. The Bertz CT molecular complexity index is 1290. The number of hydrogen-bond donors (Lipinski definition) is 3. The third-order valence-corrected chi connectivity index (χ3v) is 12.2. The van der Waals surface area contributed by atoms with Crippen LogP contribution >= 0.6 is 0 Å². The van der Waals surface area contributed by atoms with Gasteiger partial charge in [-0.2, -0.15) is 0 Å². The number of carbonyl (C=O) groups excluding carboxylic acids is 3. The number of ketones is 3. The number of Topliss-reactive ketones (excluding diaryl/α,β-unsaturated/α-hetero) is 2. The molecule has 2 unspecified atom stereocenters. The quantitative estimate of drug-likeness (QED) is 0.306. The zero-order valence-corrected chi connectivity index (χ0v) is 27.0. The second kappa shape index (κ2) is 10.2. The normalized spacial score (nSPS) is 42.3. The molecule has 4 aliphatic carbocycles. The highest BCUT2D eigenvalue weighted by atomic mass is 16.5. The highest BCUT2D eigenvalue weighted by Crippen LogP contribution is 2.73. The fraction of sp³-hybridized carbons (Fsp3) is 0.743. The summed E-state index contributed by atoms with van der Waals surface area (Å²) in [4.78, 5) is 41.7. The molecule has 1 heterocycles. The summed E-state index contributed by atoms with van der Waals surface area (Å²) in [5.74, 6) is -1.87. The molecule has 0 aromatic carbocycles. The van der Waals surface area contributed by atoms with Gasteiger partial charge in [-0.1, -0.05) is 38.5 Å². The van der Waals surface area contributed by atoms with Crippen LogP contribution in [0.4, 0.5) is 0 Å². The molecule has 0 aromatic rings. The van der Waals surface area contributed by atoms with Gasteiger partial charge in [0.25, 0.3) is 0 Å². The van der Waals surface area contributed by atoms with Gasteiger partial charge < -0.3 is 24.8 Å². The molecule has 238 valence electrons. The Morgan fingerprint density at radius 1 is 1.09 bits per heavy atom. The topological polar surface area (TPSA) is 130 Å². The van der Waals surface area contributed by atoms with Crippen molar-refractivity contribution in [2.75, 3.05) is 13.2 Å². The molecule has 43 heavy (non-hydrogen) atoms. The highest BCUT2D eigenvalue weighted by molar-refractivity contribution is 6.02. The van der Waals surface area contributed by atoms with Crippen LogP contribution in [0, 0.1) is 39.4 Å². The number of aliphatic hydroxyl groups is 3. The van der Waals surface area contributed by atoms with Gasteiger partial charge in [0, 0.05) is 30.3 Å². The van der Waals surface area contributed by atoms with E-state index in [0.717, 1.165) is 18.4 Å². The molecule has 3 N–H and O–H groups in total. The molecule has 0 aromatic heterocycles. The van der Waals surface area contributed by atoms with E-state index in [0.29, 0.717) is 31.8 Å². The monoisotopic (exact) mass is 598 g/mol. The van der Waals surface area contributed by atoms with Gasteiger partial charge in [-0.25, -0.2) is 0 Å². The van der Waals surface area contributed by atoms with Gasteiger partial charge in [0.05, 0.1) is 23.7 Å². The van der Waals surface area contributed by atoms with Crippen molar-refractivity contribution in [2.24, 2.45) is 39.4 Å². The maximum atomic E-state index is 14.6. The SMILES string of the molecule is CC(C)(O)/C=C/C(=O)C(C)(O)[C@H]1[C@H](O)C[C@@]2(C)[C@@H]3CC=C4[C@H](C=C(OC5CCCOC5)C(=O)C4(C)C)[C@@]3(C)C(=O)C[C@]12C. The van der Waals surface area contributed by atoms with Crippen LogP contribution in [-0.4, -0.2) is 69.3 Å². The Hall–Kier alpha value is -2.13. The molecular formula is C35H50O8. The summed E-state index contributed by atoms with van der Waals surface area (Å²) in [6.45, 7) is 15.4. The number of ether oxygens (including phenoxy) is 2. The van der Waals surface area contributed by atoms with E-state index in [-0.39, 0.29) is 35.9 Å². The summed E-state index contributed by atoms with van der Waals surface area (Å²) in [7, 11) is 0. The van der Waals surface area contributed by atoms with Crippen LogP contribution in [0.2, 0.25) is 0 Å². The molecular weight excluding hydrogens is 548 g/mol. The zero-order valence-electron chi connectivity index (χ0n) is 27.0. The third-order valence-electron chi connectivity index (χ3n) is 12.2. The molecule has 5 rings (SSSR count). The van der Waals surface area contributed by atoms with Crippen molar-refractivity contribution in [3.8, 4) is 0 Å². The van der Waals surface area contributed by atoms with Gasteiger partial charge in [-0.3, -0.25) is 14.4 Å². The fourth-order valence-corrected chi connectivity index (χ4v) is 9.63. The largest absolute Gasteiger partial charge is 0.485 e. The Kier molecular flexibility index (Phi) is 7.65. The summed E-state index contributed by atoms with van der Waals surface area (Å²) in [6.07, 6.45) is 7.89. The average molecular weight is 599 g/mol. The van der Waals surface area contributed by atoms with Crippen molar-refractivity contribution in [3.63, 3.8) is 0 Å². The maximum Gasteiger partial charge on any atom is 0.206 e. The van der Waals surface area contributed by atoms with Crippen molar-refractivity contribution >= 4 is 17.3 Å². The summed E-state index contributed by atoms with van der Waals surface area (Å²) in [5, 5.41) is 33.5. The summed E-state index contributed by atoms with van der Waals surface area (Å²) in [6, 6.07) is 0. The fourth-order valence-electron chi connectivity index (χ4n) is 9.63. The Morgan fingerprint density at radius 2 is 1.77 bits per heavy atom. The van der Waals surface area contributed by atoms with E-state index < -0.39 is 50.7 Å². The maximum absolute atomic E-state index is 14.6. The van der Waals surface area contributed by atoms with E-state index in [1.807, 2.05) is 33.8 Å². The Morgan fingerprint density at radius 3 is 2.37 bits per heavy atom. The van der Waals surface area contributed by atoms with Gasteiger partial charge in [-0.15, -0.1) is 0 Å². The van der Waals surface area contributed by atoms with Gasteiger partial charge in [0.15, 0.2) is 11.5 Å². The Labute approximate surface area is 255 Å². The first-order valence-electron chi connectivity index (χ1n) is 15.8. The molecule has 3 fully saturated rings. The van der Waals surface area contributed by atoms with E-state index in [2.05, 4.69) is 13.0 Å². The Balaban J connectivity index is 1.56. The molecule has 9 atom stereocenters. The van der Waals surface area contributed by atoms with E-state index in [9.17, 15) is 29.7 Å². The lowest BCUT2D eigenvalue weighted by atomic mass is 9.39. The first kappa shape index (κ1) is 32.3. The second-order valence-corrected chi connectivity index (χ2v) is 15.8. The van der Waals surface area contributed by atoms with Gasteiger partial charge in [0.2, 0.25) is 5.78 Å². The zero-order chi connectivity index (χ0) is 32.0. The number of carbonyl (C=O) groups is 3. The van der Waals surface area contributed by atoms with Crippen LogP contribution in [0.1, 0.15) is 87.5 Å². The van der Waals surface area contributed by atoms with Gasteiger partial charge >= 0.3 is 0 Å². The van der Waals surface area contributed by atoms with Gasteiger partial charge in [-0.05, 0) is 89.2 Å². The van der Waals surface area contributed by atoms with E-state index in [1.165, 1.54) is 32.9 Å². The predicted molar refractivity (Wildman–Crippen MR) is 161 cm³/mol. The number of allylic oxidation sites excluding steroid dienone is 4. The number of hydrogen-bond acceptors (Lipinski definition) is 8. The lowest BCUT2D eigenvalue weighted by Gasteiger charge is -2.63. The summed E-state index contributed by atoms with van der Waals surface area (Å²) < 4.78 is 11.9. The van der Waals surface area contributed by atoms with Crippen molar-refractivity contribution < 1.29 is 39.2 Å². The van der Waals surface area contributed by atoms with Crippen molar-refractivity contribution in [2.45, 2.75) is 111 Å². The molecule has 0 radical (unpaired) electrons. The first-order chi connectivity index (χ1) is 19.7. The molecule has 0 amide bonds. The molecule has 5 aliphatic rings. The van der Waals surface area contributed by atoms with Gasteiger partial charge in [0.1, 0.15) is 17.5 Å². The van der Waals surface area contributed by atoms with E-state index in [1.54, 1.807) is 0 Å². The van der Waals surface area contributed by atoms with Crippen LogP contribution in [0.15, 0.2) is 35.6 Å². The number of fused-ring (bicyclic) bond motifs is 5. The lowest BCUT2D eigenvalue weighted by molar-refractivity contribution is -0.179. The third kappa shape index (κ3) is 4.74. The first-order valence-corrected chi connectivity index (χ1v) is 15.8. The van der Waals surface area contributed by atoms with Crippen LogP contribution in [0.25, 0.3) is 0 Å². The second-order valence-electron chi connectivity index (χ2n) is 15.8. The van der Waals surface area contributed by atoms with Crippen molar-refractivity contribution in [1.29, 1.82) is 0 Å². The molecule has 1 saturated heterocycles. The molecule has 8 nitrogen and oxygen atoms in total. The van der Waals surface area contributed by atoms with Crippen molar-refractivity contribution in [1.82, 2.24) is 0 Å². The average Bonchev–Trinajstić information content (AvgIpc) is 3.11. The van der Waals surface area contributed by atoms with E-state index in [4.69, 9.17) is 9.47 Å². The van der Waals surface area contributed by atoms with Crippen LogP contribution in [-0.2, 0) is 23.9 Å². The molecule has 2 saturated carbocycles. The highest BCUT2D eigenvalue weighted by Gasteiger charge is 2.74. The number of aliphatic hydroxyl groups excluding tert-OH is 1. The predicted octanol–water partition coefficient (Wildman–Crippen LogP) is 4.26. The number of rotatable bonds is 6. The molecule has 0 bridgehead atoms.